The van der Waals surface area contributed by atoms with E-state index in [0.29, 0.717) is 17.5 Å². The van der Waals surface area contributed by atoms with Crippen molar-refractivity contribution >= 4 is 32.6 Å². The molecule has 280 valence electrons. The van der Waals surface area contributed by atoms with Crippen molar-refractivity contribution in [3.8, 4) is 78.9 Å². The van der Waals surface area contributed by atoms with Gasteiger partial charge in [-0.25, -0.2) is 24.9 Å². The monoisotopic (exact) mass is 765 g/mol. The summed E-state index contributed by atoms with van der Waals surface area (Å²) in [5, 5.41) is 4.46. The van der Waals surface area contributed by atoms with Crippen LogP contribution < -0.4 is 0 Å². The Hall–Kier alpha value is -8.15. The molecule has 5 heteroatoms. The van der Waals surface area contributed by atoms with Gasteiger partial charge in [-0.1, -0.05) is 188 Å². The average molecular weight is 766 g/mol. The van der Waals surface area contributed by atoms with E-state index in [1.165, 1.54) is 5.56 Å². The van der Waals surface area contributed by atoms with E-state index in [9.17, 15) is 0 Å². The van der Waals surface area contributed by atoms with Gasteiger partial charge in [0.25, 0.3) is 0 Å². The van der Waals surface area contributed by atoms with Crippen LogP contribution in [0.3, 0.4) is 0 Å². The van der Waals surface area contributed by atoms with Crippen LogP contribution in [0, 0.1) is 0 Å². The molecule has 0 fully saturated rings. The summed E-state index contributed by atoms with van der Waals surface area (Å²) < 4.78 is 0. The number of pyridine rings is 2. The van der Waals surface area contributed by atoms with Crippen LogP contribution in [-0.2, 0) is 0 Å². The standard InChI is InChI=1S/C55H35N5/c1-4-10-36(11-5-1)37-16-22-43(23-17-37)54-58-53(42-14-8-3-9-15-42)59-55(60-54)44-24-18-38(19-25-44)45-26-27-47-35-48(29-28-46(47)34-45)50-33-31-41-21-20-40-30-32-49(39-12-6-2-7-13-39)56-51(40)52(41)57-50/h1-35H. The lowest BCUT2D eigenvalue weighted by molar-refractivity contribution is 1.07. The molecule has 60 heavy (non-hydrogen) atoms. The molecule has 0 aliphatic heterocycles. The van der Waals surface area contributed by atoms with Crippen molar-refractivity contribution in [3.05, 3.63) is 212 Å². The summed E-state index contributed by atoms with van der Waals surface area (Å²) >= 11 is 0. The topological polar surface area (TPSA) is 64.5 Å². The molecule has 11 rings (SSSR count). The Morgan fingerprint density at radius 2 is 0.517 bits per heavy atom. The summed E-state index contributed by atoms with van der Waals surface area (Å²) in [7, 11) is 0. The number of hydrogen-bond acceptors (Lipinski definition) is 5. The molecule has 0 aliphatic carbocycles. The number of fused-ring (bicyclic) bond motifs is 4. The van der Waals surface area contributed by atoms with Crippen molar-refractivity contribution in [3.63, 3.8) is 0 Å². The SMILES string of the molecule is c1ccc(-c2ccc(-c3nc(-c4ccccc4)nc(-c4ccc(-c5ccc6cc(-c7ccc8ccc9ccc(-c%10ccccc%10)nc9c8n7)ccc6c5)cc4)n3)cc2)cc1. The zero-order valence-electron chi connectivity index (χ0n) is 32.4. The van der Waals surface area contributed by atoms with Crippen molar-refractivity contribution in [2.24, 2.45) is 0 Å². The van der Waals surface area contributed by atoms with Crippen LogP contribution >= 0.6 is 0 Å². The van der Waals surface area contributed by atoms with Crippen LogP contribution in [0.25, 0.3) is 112 Å². The second-order valence-corrected chi connectivity index (χ2v) is 14.9. The van der Waals surface area contributed by atoms with Gasteiger partial charge in [-0.15, -0.1) is 0 Å². The molecule has 0 amide bonds. The molecule has 3 heterocycles. The van der Waals surface area contributed by atoms with Crippen molar-refractivity contribution in [2.75, 3.05) is 0 Å². The number of aromatic nitrogens is 5. The summed E-state index contributed by atoms with van der Waals surface area (Å²) in [5.74, 6) is 1.91. The van der Waals surface area contributed by atoms with Gasteiger partial charge in [-0.05, 0) is 57.3 Å². The molecule has 0 aliphatic rings. The normalized spacial score (nSPS) is 11.3. The number of hydrogen-bond donors (Lipinski definition) is 0. The molecular formula is C55H35N5. The molecular weight excluding hydrogens is 731 g/mol. The van der Waals surface area contributed by atoms with Gasteiger partial charge in [0.2, 0.25) is 0 Å². The Bertz CT molecular complexity index is 3330. The zero-order valence-corrected chi connectivity index (χ0v) is 32.4. The number of rotatable bonds is 7. The Morgan fingerprint density at radius 3 is 1.03 bits per heavy atom. The van der Waals surface area contributed by atoms with Crippen LogP contribution in [0.5, 0.6) is 0 Å². The van der Waals surface area contributed by atoms with Crippen LogP contribution in [0.15, 0.2) is 212 Å². The Morgan fingerprint density at radius 1 is 0.200 bits per heavy atom. The van der Waals surface area contributed by atoms with Crippen LogP contribution in [0.4, 0.5) is 0 Å². The third kappa shape index (κ3) is 6.74. The van der Waals surface area contributed by atoms with Crippen molar-refractivity contribution < 1.29 is 0 Å². The lowest BCUT2D eigenvalue weighted by Crippen LogP contribution is -2.00. The first kappa shape index (κ1) is 35.0. The van der Waals surface area contributed by atoms with Gasteiger partial charge in [-0.2, -0.15) is 0 Å². The fourth-order valence-corrected chi connectivity index (χ4v) is 7.89. The molecule has 8 aromatic carbocycles. The average Bonchev–Trinajstić information content (AvgIpc) is 3.34. The van der Waals surface area contributed by atoms with Crippen molar-refractivity contribution in [1.82, 2.24) is 24.9 Å². The molecule has 0 spiro atoms. The van der Waals surface area contributed by atoms with Gasteiger partial charge >= 0.3 is 0 Å². The predicted molar refractivity (Wildman–Crippen MR) is 246 cm³/mol. The molecule has 0 radical (unpaired) electrons. The predicted octanol–water partition coefficient (Wildman–Crippen LogP) is 13.8. The van der Waals surface area contributed by atoms with Crippen LogP contribution in [-0.4, -0.2) is 24.9 Å². The van der Waals surface area contributed by atoms with E-state index in [0.717, 1.165) is 88.5 Å². The first-order chi connectivity index (χ1) is 29.7. The summed E-state index contributed by atoms with van der Waals surface area (Å²) in [6, 6.07) is 73.6. The molecule has 0 saturated heterocycles. The molecule has 0 atom stereocenters. The van der Waals surface area contributed by atoms with E-state index in [4.69, 9.17) is 24.9 Å². The van der Waals surface area contributed by atoms with E-state index in [1.54, 1.807) is 0 Å². The van der Waals surface area contributed by atoms with E-state index >= 15 is 0 Å². The zero-order chi connectivity index (χ0) is 39.8. The maximum atomic E-state index is 5.20. The minimum absolute atomic E-state index is 0.631. The van der Waals surface area contributed by atoms with Gasteiger partial charge in [-0.3, -0.25) is 0 Å². The van der Waals surface area contributed by atoms with Gasteiger partial charge in [0.15, 0.2) is 17.5 Å². The van der Waals surface area contributed by atoms with Crippen molar-refractivity contribution in [2.45, 2.75) is 0 Å². The quantitative estimate of drug-likeness (QED) is 0.151. The lowest BCUT2D eigenvalue weighted by atomic mass is 9.98. The minimum Gasteiger partial charge on any atom is -0.245 e. The van der Waals surface area contributed by atoms with Gasteiger partial charge in [0.1, 0.15) is 0 Å². The smallest absolute Gasteiger partial charge is 0.164 e. The second-order valence-electron chi connectivity index (χ2n) is 14.9. The first-order valence-corrected chi connectivity index (χ1v) is 20.1. The van der Waals surface area contributed by atoms with Gasteiger partial charge in [0.05, 0.1) is 22.4 Å². The van der Waals surface area contributed by atoms with E-state index in [2.05, 4.69) is 158 Å². The Balaban J connectivity index is 0.893. The number of benzene rings is 8. The molecule has 0 bridgehead atoms. The highest BCUT2D eigenvalue weighted by Crippen LogP contribution is 2.33. The number of nitrogens with zero attached hydrogens (tertiary/aromatic N) is 5. The highest BCUT2D eigenvalue weighted by Gasteiger charge is 2.14. The fourth-order valence-electron chi connectivity index (χ4n) is 7.89. The maximum absolute atomic E-state index is 5.20. The van der Waals surface area contributed by atoms with Crippen molar-refractivity contribution in [1.29, 1.82) is 0 Å². The van der Waals surface area contributed by atoms with E-state index < -0.39 is 0 Å². The van der Waals surface area contributed by atoms with Crippen LogP contribution in [0.2, 0.25) is 0 Å². The third-order valence-electron chi connectivity index (χ3n) is 11.1. The first-order valence-electron chi connectivity index (χ1n) is 20.1. The van der Waals surface area contributed by atoms with Crippen LogP contribution in [0.1, 0.15) is 0 Å². The Kier molecular flexibility index (Phi) is 8.75. The second kappa shape index (κ2) is 15.0. The van der Waals surface area contributed by atoms with Gasteiger partial charge < -0.3 is 0 Å². The summed E-state index contributed by atoms with van der Waals surface area (Å²) in [4.78, 5) is 25.2. The van der Waals surface area contributed by atoms with Gasteiger partial charge in [0, 0.05) is 38.6 Å². The maximum Gasteiger partial charge on any atom is 0.164 e. The molecule has 0 saturated carbocycles. The summed E-state index contributed by atoms with van der Waals surface area (Å²) in [5.41, 5.74) is 13.2. The summed E-state index contributed by atoms with van der Waals surface area (Å²) in [6.45, 7) is 0. The highest BCUT2D eigenvalue weighted by molar-refractivity contribution is 6.04. The fraction of sp³-hybridized carbons (Fsp3) is 0. The molecule has 11 aromatic rings. The largest absolute Gasteiger partial charge is 0.245 e. The molecule has 5 nitrogen and oxygen atoms in total. The van der Waals surface area contributed by atoms with E-state index in [1.807, 2.05) is 54.6 Å². The third-order valence-corrected chi connectivity index (χ3v) is 11.1. The summed E-state index contributed by atoms with van der Waals surface area (Å²) in [6.07, 6.45) is 0. The Labute approximate surface area is 347 Å². The molecule has 3 aromatic heterocycles. The highest BCUT2D eigenvalue weighted by atomic mass is 15.0. The van der Waals surface area contributed by atoms with E-state index in [-0.39, 0.29) is 0 Å². The molecule has 0 unspecified atom stereocenters. The molecule has 0 N–H and O–H groups in total. The lowest BCUT2D eigenvalue weighted by Gasteiger charge is -2.10. The minimum atomic E-state index is 0.631.